The third-order valence-electron chi connectivity index (χ3n) is 6.93. The molecule has 4 aliphatic rings. The van der Waals surface area contributed by atoms with Gasteiger partial charge in [0.15, 0.2) is 11.6 Å². The third-order valence-corrected chi connectivity index (χ3v) is 6.93. The molecule has 1 aromatic heterocycles. The number of carbonyl (C=O) groups excluding carboxylic acids is 1. The number of aliphatic imine (C=N–C) groups is 1. The summed E-state index contributed by atoms with van der Waals surface area (Å²) in [6.45, 7) is 5.40. The molecule has 1 amide bonds. The minimum Gasteiger partial charge on any atom is -0.351 e. The number of nitrogens with one attached hydrogen (secondary N) is 1. The van der Waals surface area contributed by atoms with E-state index >= 15 is 0 Å². The lowest BCUT2D eigenvalue weighted by Crippen LogP contribution is -2.49. The predicted molar refractivity (Wildman–Crippen MR) is 120 cm³/mol. The van der Waals surface area contributed by atoms with E-state index in [4.69, 9.17) is 0 Å². The van der Waals surface area contributed by atoms with Crippen molar-refractivity contribution in [2.45, 2.75) is 32.1 Å². The Balaban J connectivity index is 1.29. The Morgan fingerprint density at radius 1 is 1.19 bits per heavy atom. The van der Waals surface area contributed by atoms with Gasteiger partial charge in [-0.2, -0.15) is 5.10 Å². The first-order chi connectivity index (χ1) is 15.1. The molecule has 0 radical (unpaired) electrons. The van der Waals surface area contributed by atoms with E-state index in [9.17, 15) is 9.18 Å². The van der Waals surface area contributed by atoms with Gasteiger partial charge in [0.25, 0.3) is 5.91 Å². The maximum Gasteiger partial charge on any atom is 0.282 e. The van der Waals surface area contributed by atoms with Crippen LogP contribution < -0.4 is 4.90 Å². The first-order valence-corrected chi connectivity index (χ1v) is 11.2. The molecule has 1 saturated heterocycles. The SMILES string of the molecule is C=C(F)C(=O)N1CCN(c2n[nH]c3c2CCC(C2=CN=CC4CCC=CC=C24)C3)CC1. The minimum atomic E-state index is -0.889. The zero-order chi connectivity index (χ0) is 21.4. The second-order valence-corrected chi connectivity index (χ2v) is 8.74. The van der Waals surface area contributed by atoms with Gasteiger partial charge in [-0.15, -0.1) is 0 Å². The summed E-state index contributed by atoms with van der Waals surface area (Å²) in [5, 5.41) is 7.92. The molecular weight excluding hydrogens is 393 g/mol. The number of aromatic amines is 1. The van der Waals surface area contributed by atoms with Gasteiger partial charge in [-0.3, -0.25) is 14.9 Å². The van der Waals surface area contributed by atoms with E-state index in [1.807, 2.05) is 0 Å². The van der Waals surface area contributed by atoms with Gasteiger partial charge in [-0.1, -0.05) is 24.8 Å². The lowest BCUT2D eigenvalue weighted by atomic mass is 9.76. The number of hydrogen-bond donors (Lipinski definition) is 1. The number of aromatic nitrogens is 2. The standard InChI is InChI=1S/C24H28FN5O/c1-16(25)24(31)30-11-9-29(10-12-30)23-20-8-7-17(13-22(20)27-28-23)21-15-26-14-18-5-3-2-4-6-19(18)21/h2,4,6,14-15,17-18H,1,3,5,7-13H2,(H,27,28). The number of halogens is 1. The summed E-state index contributed by atoms with van der Waals surface area (Å²) in [6.07, 6.45) is 16.1. The second-order valence-electron chi connectivity index (χ2n) is 8.74. The summed E-state index contributed by atoms with van der Waals surface area (Å²) in [4.78, 5) is 20.1. The van der Waals surface area contributed by atoms with Crippen molar-refractivity contribution in [2.24, 2.45) is 16.8 Å². The highest BCUT2D eigenvalue weighted by molar-refractivity contribution is 5.90. The number of nitrogens with zero attached hydrogens (tertiary/aromatic N) is 4. The second kappa shape index (κ2) is 8.29. The number of carbonyl (C=O) groups is 1. The Hall–Kier alpha value is -2.96. The number of hydrogen-bond acceptors (Lipinski definition) is 4. The summed E-state index contributed by atoms with van der Waals surface area (Å²) in [7, 11) is 0. The van der Waals surface area contributed by atoms with Crippen molar-refractivity contribution in [2.75, 3.05) is 31.1 Å². The van der Waals surface area contributed by atoms with Crippen LogP contribution in [0.1, 0.15) is 30.5 Å². The highest BCUT2D eigenvalue weighted by Crippen LogP contribution is 2.40. The van der Waals surface area contributed by atoms with Gasteiger partial charge in [0.1, 0.15) is 0 Å². The van der Waals surface area contributed by atoms with Crippen molar-refractivity contribution in [3.8, 4) is 0 Å². The topological polar surface area (TPSA) is 64.6 Å². The molecule has 1 N–H and O–H groups in total. The van der Waals surface area contributed by atoms with Gasteiger partial charge in [-0.05, 0) is 49.2 Å². The number of anilines is 1. The Kier molecular flexibility index (Phi) is 5.34. The average Bonchev–Trinajstić information content (AvgIpc) is 3.06. The van der Waals surface area contributed by atoms with Crippen molar-refractivity contribution in [1.82, 2.24) is 15.1 Å². The molecule has 6 nitrogen and oxygen atoms in total. The Morgan fingerprint density at radius 2 is 2.03 bits per heavy atom. The molecule has 5 rings (SSSR count). The quantitative estimate of drug-likeness (QED) is 0.760. The number of rotatable bonds is 3. The van der Waals surface area contributed by atoms with Crippen LogP contribution in [0.4, 0.5) is 10.2 Å². The zero-order valence-corrected chi connectivity index (χ0v) is 17.7. The third kappa shape index (κ3) is 3.77. The molecule has 2 aliphatic carbocycles. The van der Waals surface area contributed by atoms with Gasteiger partial charge in [-0.25, -0.2) is 4.39 Å². The van der Waals surface area contributed by atoms with E-state index in [-0.39, 0.29) is 0 Å². The molecule has 0 saturated carbocycles. The molecule has 3 heterocycles. The molecule has 0 bridgehead atoms. The summed E-state index contributed by atoms with van der Waals surface area (Å²) < 4.78 is 13.2. The van der Waals surface area contributed by atoms with Crippen molar-refractivity contribution in [3.63, 3.8) is 0 Å². The molecule has 162 valence electrons. The van der Waals surface area contributed by atoms with E-state index in [2.05, 4.69) is 57.3 Å². The molecule has 2 aliphatic heterocycles. The number of piperazine rings is 1. The fourth-order valence-corrected chi connectivity index (χ4v) is 5.24. The normalized spacial score (nSPS) is 25.3. The monoisotopic (exact) mass is 421 g/mol. The first-order valence-electron chi connectivity index (χ1n) is 11.2. The van der Waals surface area contributed by atoms with Crippen molar-refractivity contribution in [3.05, 3.63) is 59.2 Å². The van der Waals surface area contributed by atoms with Crippen LogP contribution >= 0.6 is 0 Å². The van der Waals surface area contributed by atoms with Gasteiger partial charge in [0, 0.05) is 55.8 Å². The smallest absolute Gasteiger partial charge is 0.282 e. The van der Waals surface area contributed by atoms with E-state index in [0.29, 0.717) is 38.0 Å². The highest BCUT2D eigenvalue weighted by atomic mass is 19.1. The average molecular weight is 422 g/mol. The molecule has 2 unspecified atom stereocenters. The maximum atomic E-state index is 13.2. The Labute approximate surface area is 181 Å². The largest absolute Gasteiger partial charge is 0.351 e. The van der Waals surface area contributed by atoms with Crippen molar-refractivity contribution >= 4 is 17.9 Å². The first kappa shape index (κ1) is 20.0. The van der Waals surface area contributed by atoms with Crippen LogP contribution in [0.15, 0.2) is 53.0 Å². The van der Waals surface area contributed by atoms with Crippen LogP contribution in [0.3, 0.4) is 0 Å². The van der Waals surface area contributed by atoms with Gasteiger partial charge < -0.3 is 9.80 Å². The molecule has 0 spiro atoms. The lowest BCUT2D eigenvalue weighted by molar-refractivity contribution is -0.128. The van der Waals surface area contributed by atoms with Crippen LogP contribution in [-0.4, -0.2) is 53.4 Å². The Morgan fingerprint density at radius 3 is 2.84 bits per heavy atom. The van der Waals surface area contributed by atoms with Crippen LogP contribution in [-0.2, 0) is 17.6 Å². The van der Waals surface area contributed by atoms with Crippen LogP contribution in [0, 0.1) is 11.8 Å². The number of H-pyrrole nitrogens is 1. The van der Waals surface area contributed by atoms with Gasteiger partial charge in [0.05, 0.1) is 0 Å². The van der Waals surface area contributed by atoms with E-state index in [1.54, 1.807) is 0 Å². The van der Waals surface area contributed by atoms with Crippen molar-refractivity contribution < 1.29 is 9.18 Å². The minimum absolute atomic E-state index is 0.424. The number of allylic oxidation sites excluding steroid dienone is 5. The van der Waals surface area contributed by atoms with Crippen LogP contribution in [0.2, 0.25) is 0 Å². The Bertz CT molecular complexity index is 1010. The molecule has 1 aromatic rings. The molecule has 31 heavy (non-hydrogen) atoms. The molecule has 7 heteroatoms. The molecule has 2 atom stereocenters. The van der Waals surface area contributed by atoms with Crippen molar-refractivity contribution in [1.29, 1.82) is 0 Å². The highest BCUT2D eigenvalue weighted by Gasteiger charge is 2.32. The van der Waals surface area contributed by atoms with Gasteiger partial charge >= 0.3 is 0 Å². The number of fused-ring (bicyclic) bond motifs is 2. The summed E-state index contributed by atoms with van der Waals surface area (Å²) in [6, 6.07) is 0. The zero-order valence-electron chi connectivity index (χ0n) is 17.7. The van der Waals surface area contributed by atoms with Crippen LogP contribution in [0.5, 0.6) is 0 Å². The summed E-state index contributed by atoms with van der Waals surface area (Å²) >= 11 is 0. The number of amides is 1. The summed E-state index contributed by atoms with van der Waals surface area (Å²) in [5.41, 5.74) is 5.29. The summed E-state index contributed by atoms with van der Waals surface area (Å²) in [5.74, 6) is 0.372. The van der Waals surface area contributed by atoms with E-state index in [0.717, 1.165) is 37.9 Å². The van der Waals surface area contributed by atoms with E-state index in [1.165, 1.54) is 27.3 Å². The molecule has 1 fully saturated rings. The fourth-order valence-electron chi connectivity index (χ4n) is 5.24. The molecule has 0 aromatic carbocycles. The van der Waals surface area contributed by atoms with Crippen LogP contribution in [0.25, 0.3) is 0 Å². The molecular formula is C24H28FN5O. The predicted octanol–water partition coefficient (Wildman–Crippen LogP) is 3.51. The lowest BCUT2D eigenvalue weighted by Gasteiger charge is -2.35. The van der Waals surface area contributed by atoms with Gasteiger partial charge in [0.2, 0.25) is 0 Å². The van der Waals surface area contributed by atoms with E-state index < -0.39 is 11.7 Å². The fraction of sp³-hybridized carbons (Fsp3) is 0.458. The maximum absolute atomic E-state index is 13.2.